The molecule has 1 unspecified atom stereocenters. The fourth-order valence-corrected chi connectivity index (χ4v) is 0.492. The smallest absolute Gasteiger partial charge is 0.303 e. The number of ether oxygens (including phenoxy) is 1. The average Bonchev–Trinajstić information content (AvgIpc) is 1.27. The van der Waals surface area contributed by atoms with Crippen molar-refractivity contribution in [3.05, 3.63) is 0 Å². The molecule has 0 aliphatic rings. The number of hydrogen-bond donors (Lipinski definition) is 0. The van der Waals surface area contributed by atoms with Gasteiger partial charge in [0.2, 0.25) is 0 Å². The van der Waals surface area contributed by atoms with E-state index in [4.69, 9.17) is 0 Å². The third-order valence-electron chi connectivity index (χ3n) is 0.328. The summed E-state index contributed by atoms with van der Waals surface area (Å²) in [5.41, 5.74) is 0. The van der Waals surface area contributed by atoms with Gasteiger partial charge in [0.05, 0.1) is 0 Å². The second-order valence-corrected chi connectivity index (χ2v) is 2.44. The number of hydrogen-bond acceptors (Lipinski definition) is 2. The van der Waals surface area contributed by atoms with Gasteiger partial charge in [0.15, 0.2) is 5.01 Å². The van der Waals surface area contributed by atoms with Crippen LogP contribution < -0.4 is 0 Å². The number of halogens is 1. The van der Waals surface area contributed by atoms with Crippen molar-refractivity contribution in [3.63, 3.8) is 0 Å². The van der Waals surface area contributed by atoms with Crippen LogP contribution in [0.1, 0.15) is 13.8 Å². The maximum Gasteiger partial charge on any atom is 0.303 e. The molecule has 0 rings (SSSR count). The van der Waals surface area contributed by atoms with Crippen molar-refractivity contribution in [2.24, 2.45) is 0 Å². The van der Waals surface area contributed by atoms with E-state index in [2.05, 4.69) is 20.7 Å². The second kappa shape index (κ2) is 5.60. The Morgan fingerprint density at radius 1 is 1.75 bits per heavy atom. The zero-order valence-electron chi connectivity index (χ0n) is 4.57. The Labute approximate surface area is 67.6 Å². The van der Waals surface area contributed by atoms with Crippen molar-refractivity contribution in [1.82, 2.24) is 0 Å². The molecule has 0 aromatic carbocycles. The first kappa shape index (κ1) is 11.3. The van der Waals surface area contributed by atoms with Gasteiger partial charge in [-0.05, 0) is 22.9 Å². The molecular formula is C4H7BrCuO2. The van der Waals surface area contributed by atoms with Gasteiger partial charge in [-0.1, -0.05) is 0 Å². The van der Waals surface area contributed by atoms with Crippen LogP contribution in [-0.4, -0.2) is 11.0 Å². The number of alkyl halides is 1. The Morgan fingerprint density at radius 3 is 2.12 bits per heavy atom. The van der Waals surface area contributed by atoms with Crippen LogP contribution in [0, 0.1) is 0 Å². The molecule has 0 aliphatic heterocycles. The van der Waals surface area contributed by atoms with Gasteiger partial charge in [-0.3, -0.25) is 4.79 Å². The van der Waals surface area contributed by atoms with Gasteiger partial charge < -0.3 is 4.74 Å². The number of carbonyl (C=O) groups is 1. The summed E-state index contributed by atoms with van der Waals surface area (Å²) in [5.74, 6) is -0.260. The quantitative estimate of drug-likeness (QED) is 0.385. The zero-order valence-corrected chi connectivity index (χ0v) is 7.10. The van der Waals surface area contributed by atoms with Gasteiger partial charge in [0.25, 0.3) is 0 Å². The van der Waals surface area contributed by atoms with Crippen LogP contribution in [0.25, 0.3) is 0 Å². The van der Waals surface area contributed by atoms with Crippen molar-refractivity contribution >= 4 is 21.9 Å². The number of esters is 1. The van der Waals surface area contributed by atoms with Crippen molar-refractivity contribution < 1.29 is 26.6 Å². The molecular weight excluding hydrogens is 223 g/mol. The molecule has 0 saturated carbocycles. The van der Waals surface area contributed by atoms with Crippen LogP contribution in [0.3, 0.4) is 0 Å². The standard InChI is InChI=1S/C4H7BrO2.Cu/c1-3(5)7-4(2)6;/h3H,1-2H3;. The van der Waals surface area contributed by atoms with Crippen LogP contribution in [-0.2, 0) is 26.6 Å². The minimum Gasteiger partial charge on any atom is -0.451 e. The van der Waals surface area contributed by atoms with Gasteiger partial charge in [0.1, 0.15) is 0 Å². The normalized spacial score (nSPS) is 11.4. The van der Waals surface area contributed by atoms with Crippen LogP contribution in [0.15, 0.2) is 0 Å². The summed E-state index contributed by atoms with van der Waals surface area (Å²) in [5, 5.41) is -0.162. The average molecular weight is 231 g/mol. The number of rotatable bonds is 1. The van der Waals surface area contributed by atoms with Gasteiger partial charge in [-0.2, -0.15) is 0 Å². The minimum atomic E-state index is -0.260. The zero-order chi connectivity index (χ0) is 5.86. The number of carbonyl (C=O) groups excluding carboxylic acids is 1. The van der Waals surface area contributed by atoms with Gasteiger partial charge in [-0.15, -0.1) is 0 Å². The fraction of sp³-hybridized carbons (Fsp3) is 0.750. The Hall–Kier alpha value is 0.469. The molecule has 0 bridgehead atoms. The Balaban J connectivity index is 0. The van der Waals surface area contributed by atoms with Crippen LogP contribution in [0.5, 0.6) is 0 Å². The molecule has 53 valence electrons. The largest absolute Gasteiger partial charge is 0.451 e. The maximum absolute atomic E-state index is 10.0. The first-order valence-corrected chi connectivity index (χ1v) is 2.86. The van der Waals surface area contributed by atoms with E-state index in [9.17, 15) is 4.79 Å². The predicted molar refractivity (Wildman–Crippen MR) is 30.2 cm³/mol. The minimum absolute atomic E-state index is 0. The Kier molecular flexibility index (Phi) is 7.91. The molecule has 0 aromatic rings. The summed E-state index contributed by atoms with van der Waals surface area (Å²) in [6, 6.07) is 0. The summed E-state index contributed by atoms with van der Waals surface area (Å²) >= 11 is 3.03. The van der Waals surface area contributed by atoms with E-state index in [0.29, 0.717) is 0 Å². The summed E-state index contributed by atoms with van der Waals surface area (Å²) in [6.07, 6.45) is 0. The van der Waals surface area contributed by atoms with Gasteiger partial charge >= 0.3 is 5.97 Å². The SMILES string of the molecule is CC(=O)OC(C)Br.[Cu]. The molecule has 0 aliphatic carbocycles. The van der Waals surface area contributed by atoms with Crippen molar-refractivity contribution in [3.8, 4) is 0 Å². The summed E-state index contributed by atoms with van der Waals surface area (Å²) in [6.45, 7) is 3.11. The molecule has 0 spiro atoms. The summed E-state index contributed by atoms with van der Waals surface area (Å²) in [4.78, 5) is 10.0. The molecule has 0 saturated heterocycles. The summed E-state index contributed by atoms with van der Waals surface area (Å²) < 4.78 is 4.53. The molecule has 2 nitrogen and oxygen atoms in total. The van der Waals surface area contributed by atoms with Crippen LogP contribution in [0.2, 0.25) is 0 Å². The first-order valence-electron chi connectivity index (χ1n) is 1.94. The molecule has 0 N–H and O–H groups in total. The van der Waals surface area contributed by atoms with E-state index in [1.54, 1.807) is 6.92 Å². The molecule has 1 radical (unpaired) electrons. The first-order chi connectivity index (χ1) is 3.13. The monoisotopic (exact) mass is 229 g/mol. The van der Waals surface area contributed by atoms with Crippen molar-refractivity contribution in [2.45, 2.75) is 18.9 Å². The van der Waals surface area contributed by atoms with Gasteiger partial charge in [0, 0.05) is 24.0 Å². The molecule has 1 atom stereocenters. The molecule has 0 aromatic heterocycles. The summed E-state index contributed by atoms with van der Waals surface area (Å²) in [7, 11) is 0. The van der Waals surface area contributed by atoms with E-state index in [-0.39, 0.29) is 28.1 Å². The van der Waals surface area contributed by atoms with E-state index < -0.39 is 0 Å². The fourth-order valence-electron chi connectivity index (χ4n) is 0.229. The molecule has 8 heavy (non-hydrogen) atoms. The van der Waals surface area contributed by atoms with Gasteiger partial charge in [-0.25, -0.2) is 0 Å². The van der Waals surface area contributed by atoms with E-state index in [0.717, 1.165) is 0 Å². The Morgan fingerprint density at radius 2 is 2.12 bits per heavy atom. The predicted octanol–water partition coefficient (Wildman–Crippen LogP) is 1.29. The second-order valence-electron chi connectivity index (χ2n) is 1.15. The van der Waals surface area contributed by atoms with E-state index in [1.165, 1.54) is 6.92 Å². The topological polar surface area (TPSA) is 26.3 Å². The molecule has 4 heteroatoms. The molecule has 0 amide bonds. The van der Waals surface area contributed by atoms with E-state index in [1.807, 2.05) is 0 Å². The van der Waals surface area contributed by atoms with Crippen molar-refractivity contribution in [2.75, 3.05) is 0 Å². The Bertz CT molecular complexity index is 74.4. The van der Waals surface area contributed by atoms with E-state index >= 15 is 0 Å². The maximum atomic E-state index is 10.0. The van der Waals surface area contributed by atoms with Crippen molar-refractivity contribution in [1.29, 1.82) is 0 Å². The third-order valence-corrected chi connectivity index (χ3v) is 0.515. The van der Waals surface area contributed by atoms with Crippen LogP contribution >= 0.6 is 15.9 Å². The molecule has 0 fully saturated rings. The van der Waals surface area contributed by atoms with Crippen LogP contribution in [0.4, 0.5) is 0 Å². The third kappa shape index (κ3) is 9.69. The molecule has 0 heterocycles.